The van der Waals surface area contributed by atoms with Crippen LogP contribution in [0.3, 0.4) is 0 Å². The van der Waals surface area contributed by atoms with Gasteiger partial charge in [-0.3, -0.25) is 4.90 Å². The second kappa shape index (κ2) is 4.64. The molecule has 2 rings (SSSR count). The molecule has 0 aromatic heterocycles. The van der Waals surface area contributed by atoms with E-state index in [-0.39, 0.29) is 6.10 Å². The van der Waals surface area contributed by atoms with E-state index in [1.54, 1.807) is 0 Å². The molecule has 0 radical (unpaired) electrons. The molecule has 1 saturated heterocycles. The number of aliphatic hydroxyl groups excluding tert-OH is 1. The SMILES string of the molecule is CC(CN1CC(O)C1)c1cccc(Br)c1. The van der Waals surface area contributed by atoms with E-state index in [1.165, 1.54) is 5.56 Å². The first-order valence-electron chi connectivity index (χ1n) is 5.31. The molecule has 1 heterocycles. The topological polar surface area (TPSA) is 23.5 Å². The molecule has 1 aromatic carbocycles. The molecular formula is C12H16BrNO. The monoisotopic (exact) mass is 269 g/mol. The summed E-state index contributed by atoms with van der Waals surface area (Å²) in [6.07, 6.45) is -0.0975. The van der Waals surface area contributed by atoms with Crippen LogP contribution in [0.2, 0.25) is 0 Å². The fourth-order valence-electron chi connectivity index (χ4n) is 2.00. The number of β-amino-alcohol motifs (C(OH)–C–C–N with tert-alkyl or cyclic N) is 1. The number of hydrogen-bond acceptors (Lipinski definition) is 2. The third kappa shape index (κ3) is 2.80. The van der Waals surface area contributed by atoms with Gasteiger partial charge in [0.2, 0.25) is 0 Å². The summed E-state index contributed by atoms with van der Waals surface area (Å²) >= 11 is 3.48. The number of rotatable bonds is 3. The maximum absolute atomic E-state index is 9.20. The van der Waals surface area contributed by atoms with Crippen molar-refractivity contribution in [2.24, 2.45) is 0 Å². The van der Waals surface area contributed by atoms with Gasteiger partial charge in [0.1, 0.15) is 0 Å². The fourth-order valence-corrected chi connectivity index (χ4v) is 2.41. The first-order chi connectivity index (χ1) is 7.15. The zero-order valence-electron chi connectivity index (χ0n) is 8.86. The minimum atomic E-state index is -0.0975. The van der Waals surface area contributed by atoms with Crippen LogP contribution in [0.5, 0.6) is 0 Å². The third-order valence-electron chi connectivity index (χ3n) is 2.89. The first kappa shape index (κ1) is 11.1. The highest BCUT2D eigenvalue weighted by atomic mass is 79.9. The standard InChI is InChI=1S/C12H16BrNO/c1-9(6-14-7-12(15)8-14)10-3-2-4-11(13)5-10/h2-5,9,12,15H,6-8H2,1H3. The second-order valence-electron chi connectivity index (χ2n) is 4.33. The van der Waals surface area contributed by atoms with E-state index in [2.05, 4.69) is 46.0 Å². The van der Waals surface area contributed by atoms with Crippen LogP contribution in [0, 0.1) is 0 Å². The van der Waals surface area contributed by atoms with Crippen molar-refractivity contribution in [1.29, 1.82) is 0 Å². The van der Waals surface area contributed by atoms with Crippen LogP contribution in [0.25, 0.3) is 0 Å². The number of likely N-dealkylation sites (tertiary alicyclic amines) is 1. The van der Waals surface area contributed by atoms with Crippen molar-refractivity contribution in [3.8, 4) is 0 Å². The molecule has 82 valence electrons. The summed E-state index contributed by atoms with van der Waals surface area (Å²) in [7, 11) is 0. The predicted octanol–water partition coefficient (Wildman–Crippen LogP) is 2.23. The molecule has 0 amide bonds. The summed E-state index contributed by atoms with van der Waals surface area (Å²) in [5.74, 6) is 0.523. The summed E-state index contributed by atoms with van der Waals surface area (Å²) in [5.41, 5.74) is 1.35. The van der Waals surface area contributed by atoms with Gasteiger partial charge in [0.25, 0.3) is 0 Å². The first-order valence-corrected chi connectivity index (χ1v) is 6.10. The number of aliphatic hydroxyl groups is 1. The molecule has 1 aliphatic rings. The number of nitrogens with zero attached hydrogens (tertiary/aromatic N) is 1. The van der Waals surface area contributed by atoms with Crippen LogP contribution < -0.4 is 0 Å². The highest BCUT2D eigenvalue weighted by Crippen LogP contribution is 2.22. The Morgan fingerprint density at radius 2 is 2.27 bits per heavy atom. The number of benzene rings is 1. The van der Waals surface area contributed by atoms with E-state index in [0.717, 1.165) is 24.1 Å². The Morgan fingerprint density at radius 1 is 1.53 bits per heavy atom. The Balaban J connectivity index is 1.93. The van der Waals surface area contributed by atoms with Gasteiger partial charge in [0, 0.05) is 24.1 Å². The van der Waals surface area contributed by atoms with Crippen LogP contribution in [-0.2, 0) is 0 Å². The molecule has 15 heavy (non-hydrogen) atoms. The van der Waals surface area contributed by atoms with Crippen molar-refractivity contribution in [3.63, 3.8) is 0 Å². The van der Waals surface area contributed by atoms with Crippen molar-refractivity contribution >= 4 is 15.9 Å². The molecule has 1 aliphatic heterocycles. The molecule has 1 N–H and O–H groups in total. The van der Waals surface area contributed by atoms with Crippen molar-refractivity contribution < 1.29 is 5.11 Å². The van der Waals surface area contributed by atoms with Gasteiger partial charge in [-0.15, -0.1) is 0 Å². The van der Waals surface area contributed by atoms with Crippen LogP contribution in [0.4, 0.5) is 0 Å². The normalized spacial score (nSPS) is 19.9. The lowest BCUT2D eigenvalue weighted by atomic mass is 9.99. The summed E-state index contributed by atoms with van der Waals surface area (Å²) in [6.45, 7) is 4.93. The molecule has 0 bridgehead atoms. The Morgan fingerprint density at radius 3 is 2.87 bits per heavy atom. The Bertz CT molecular complexity index is 336. The maximum atomic E-state index is 9.20. The number of halogens is 1. The van der Waals surface area contributed by atoms with Crippen molar-refractivity contribution in [3.05, 3.63) is 34.3 Å². The molecule has 1 atom stereocenters. The smallest absolute Gasteiger partial charge is 0.0793 e. The van der Waals surface area contributed by atoms with Gasteiger partial charge in [0.05, 0.1) is 6.10 Å². The van der Waals surface area contributed by atoms with Gasteiger partial charge in [-0.25, -0.2) is 0 Å². The molecule has 1 fully saturated rings. The van der Waals surface area contributed by atoms with E-state index < -0.39 is 0 Å². The quantitative estimate of drug-likeness (QED) is 0.910. The van der Waals surface area contributed by atoms with Gasteiger partial charge < -0.3 is 5.11 Å². The molecule has 0 saturated carbocycles. The summed E-state index contributed by atoms with van der Waals surface area (Å²) < 4.78 is 1.13. The minimum absolute atomic E-state index is 0.0975. The highest BCUT2D eigenvalue weighted by molar-refractivity contribution is 9.10. The number of hydrogen-bond donors (Lipinski definition) is 1. The Labute approximate surface area is 99.0 Å². The molecule has 0 aliphatic carbocycles. The van der Waals surface area contributed by atoms with Gasteiger partial charge >= 0.3 is 0 Å². The molecule has 3 heteroatoms. The van der Waals surface area contributed by atoms with Gasteiger partial charge in [0.15, 0.2) is 0 Å². The van der Waals surface area contributed by atoms with E-state index in [0.29, 0.717) is 5.92 Å². The lowest BCUT2D eigenvalue weighted by Crippen LogP contribution is -2.51. The largest absolute Gasteiger partial charge is 0.390 e. The van der Waals surface area contributed by atoms with E-state index >= 15 is 0 Å². The van der Waals surface area contributed by atoms with Crippen LogP contribution >= 0.6 is 15.9 Å². The molecule has 0 spiro atoms. The second-order valence-corrected chi connectivity index (χ2v) is 5.24. The fraction of sp³-hybridized carbons (Fsp3) is 0.500. The van der Waals surface area contributed by atoms with Crippen molar-refractivity contribution in [1.82, 2.24) is 4.90 Å². The summed E-state index contributed by atoms with van der Waals surface area (Å²) in [6, 6.07) is 8.44. The highest BCUT2D eigenvalue weighted by Gasteiger charge is 2.25. The van der Waals surface area contributed by atoms with Crippen molar-refractivity contribution in [2.75, 3.05) is 19.6 Å². The van der Waals surface area contributed by atoms with Crippen molar-refractivity contribution in [2.45, 2.75) is 18.9 Å². The summed E-state index contributed by atoms with van der Waals surface area (Å²) in [5, 5.41) is 9.20. The van der Waals surface area contributed by atoms with Crippen LogP contribution in [0.15, 0.2) is 28.7 Å². The molecule has 1 unspecified atom stereocenters. The molecule has 2 nitrogen and oxygen atoms in total. The van der Waals surface area contributed by atoms with Crippen LogP contribution in [0.1, 0.15) is 18.4 Å². The Hall–Kier alpha value is -0.380. The zero-order valence-corrected chi connectivity index (χ0v) is 10.4. The minimum Gasteiger partial charge on any atom is -0.390 e. The predicted molar refractivity (Wildman–Crippen MR) is 65.0 cm³/mol. The summed E-state index contributed by atoms with van der Waals surface area (Å²) in [4.78, 5) is 2.29. The average molecular weight is 270 g/mol. The third-order valence-corrected chi connectivity index (χ3v) is 3.38. The zero-order chi connectivity index (χ0) is 10.8. The lowest BCUT2D eigenvalue weighted by Gasteiger charge is -2.37. The van der Waals surface area contributed by atoms with Gasteiger partial charge in [-0.1, -0.05) is 35.0 Å². The van der Waals surface area contributed by atoms with E-state index in [1.807, 2.05) is 6.07 Å². The molecular weight excluding hydrogens is 254 g/mol. The van der Waals surface area contributed by atoms with E-state index in [9.17, 15) is 5.11 Å². The molecule has 1 aromatic rings. The lowest BCUT2D eigenvalue weighted by molar-refractivity contribution is -0.000322. The van der Waals surface area contributed by atoms with Crippen LogP contribution in [-0.4, -0.2) is 35.7 Å². The Kier molecular flexibility index (Phi) is 3.44. The van der Waals surface area contributed by atoms with E-state index in [4.69, 9.17) is 0 Å². The van der Waals surface area contributed by atoms with Gasteiger partial charge in [-0.2, -0.15) is 0 Å². The van der Waals surface area contributed by atoms with Gasteiger partial charge in [-0.05, 0) is 23.6 Å². The average Bonchev–Trinajstić information content (AvgIpc) is 2.15. The maximum Gasteiger partial charge on any atom is 0.0793 e.